The molecular weight excluding hydrogens is 244 g/mol. The molecule has 1 aromatic carbocycles. The maximum atomic E-state index is 11.9. The van der Waals surface area contributed by atoms with Gasteiger partial charge in [-0.1, -0.05) is 12.2 Å². The number of carbonyl (C=O) groups excluding carboxylic acids is 1. The second-order valence-electron chi connectivity index (χ2n) is 3.79. The molecule has 0 aliphatic heterocycles. The molecule has 0 radical (unpaired) electrons. The zero-order valence-corrected chi connectivity index (χ0v) is 10.5. The Labute approximate surface area is 111 Å². The average molecular weight is 260 g/mol. The smallest absolute Gasteiger partial charge is 0.335 e. The minimum absolute atomic E-state index is 0.173. The Balaban J connectivity index is 2.71. The van der Waals surface area contributed by atoms with Crippen LogP contribution in [0, 0.1) is 0 Å². The number of aromatic carboxylic acids is 1. The van der Waals surface area contributed by atoms with E-state index in [1.54, 1.807) is 24.3 Å². The number of carboxylic acids is 1. The topological polar surface area (TPSA) is 69.6 Å². The van der Waals surface area contributed by atoms with Crippen molar-refractivity contribution in [1.82, 2.24) is 4.90 Å². The molecule has 19 heavy (non-hydrogen) atoms. The Hall–Kier alpha value is -2.56. The number of amides is 2. The highest BCUT2D eigenvalue weighted by molar-refractivity contribution is 5.91. The van der Waals surface area contributed by atoms with Crippen molar-refractivity contribution in [1.29, 1.82) is 0 Å². The van der Waals surface area contributed by atoms with Gasteiger partial charge in [-0.05, 0) is 24.3 Å². The lowest BCUT2D eigenvalue weighted by molar-refractivity contribution is 0.0697. The van der Waals surface area contributed by atoms with Gasteiger partial charge in [0.05, 0.1) is 5.56 Å². The predicted octanol–water partition coefficient (Wildman–Crippen LogP) is 2.59. The van der Waals surface area contributed by atoms with Crippen LogP contribution < -0.4 is 5.32 Å². The van der Waals surface area contributed by atoms with Crippen LogP contribution in [0.15, 0.2) is 49.6 Å². The number of hydrogen-bond acceptors (Lipinski definition) is 2. The molecule has 0 saturated carbocycles. The third-order valence-electron chi connectivity index (χ3n) is 2.37. The van der Waals surface area contributed by atoms with Crippen LogP contribution in [0.4, 0.5) is 10.5 Å². The summed E-state index contributed by atoms with van der Waals surface area (Å²) in [5.74, 6) is -1.00. The number of nitrogens with one attached hydrogen (secondary N) is 1. The predicted molar refractivity (Wildman–Crippen MR) is 74.4 cm³/mol. The highest BCUT2D eigenvalue weighted by Gasteiger charge is 2.10. The molecule has 0 atom stereocenters. The molecule has 100 valence electrons. The number of benzene rings is 1. The Kier molecular flexibility index (Phi) is 5.35. The van der Waals surface area contributed by atoms with Crippen LogP contribution in [0.5, 0.6) is 0 Å². The van der Waals surface area contributed by atoms with Crippen molar-refractivity contribution >= 4 is 17.7 Å². The first-order valence-corrected chi connectivity index (χ1v) is 5.69. The molecule has 0 aliphatic carbocycles. The largest absolute Gasteiger partial charge is 0.478 e. The van der Waals surface area contributed by atoms with Crippen LogP contribution in [0.1, 0.15) is 10.4 Å². The second kappa shape index (κ2) is 7.00. The molecule has 0 unspecified atom stereocenters. The zero-order valence-electron chi connectivity index (χ0n) is 10.5. The molecule has 1 rings (SSSR count). The lowest BCUT2D eigenvalue weighted by Crippen LogP contribution is -2.35. The van der Waals surface area contributed by atoms with Crippen LogP contribution in [-0.4, -0.2) is 35.1 Å². The van der Waals surface area contributed by atoms with Crippen molar-refractivity contribution in [2.75, 3.05) is 18.4 Å². The quantitative estimate of drug-likeness (QED) is 0.772. The van der Waals surface area contributed by atoms with Crippen molar-refractivity contribution in [2.45, 2.75) is 0 Å². The fraction of sp³-hybridized carbons (Fsp3) is 0.143. The summed E-state index contributed by atoms with van der Waals surface area (Å²) in [4.78, 5) is 24.1. The van der Waals surface area contributed by atoms with E-state index in [-0.39, 0.29) is 11.6 Å². The average Bonchev–Trinajstić information content (AvgIpc) is 2.39. The van der Waals surface area contributed by atoms with E-state index < -0.39 is 5.97 Å². The van der Waals surface area contributed by atoms with Gasteiger partial charge in [0.25, 0.3) is 0 Å². The van der Waals surface area contributed by atoms with Crippen LogP contribution in [-0.2, 0) is 0 Å². The Morgan fingerprint density at radius 2 is 1.68 bits per heavy atom. The summed E-state index contributed by atoms with van der Waals surface area (Å²) in [5.41, 5.74) is 0.708. The Bertz CT molecular complexity index is 470. The molecule has 2 N–H and O–H groups in total. The van der Waals surface area contributed by atoms with Gasteiger partial charge in [-0.15, -0.1) is 13.2 Å². The van der Waals surface area contributed by atoms with Gasteiger partial charge in [0.2, 0.25) is 0 Å². The van der Waals surface area contributed by atoms with E-state index in [1.807, 2.05) is 0 Å². The highest BCUT2D eigenvalue weighted by atomic mass is 16.4. The molecule has 0 saturated heterocycles. The lowest BCUT2D eigenvalue weighted by Gasteiger charge is -2.19. The molecule has 5 heteroatoms. The summed E-state index contributed by atoms with van der Waals surface area (Å²) in [7, 11) is 0. The molecular formula is C14H16N2O3. The monoisotopic (exact) mass is 260 g/mol. The van der Waals surface area contributed by atoms with E-state index >= 15 is 0 Å². The van der Waals surface area contributed by atoms with E-state index in [9.17, 15) is 9.59 Å². The van der Waals surface area contributed by atoms with Gasteiger partial charge in [-0.2, -0.15) is 0 Å². The number of hydrogen-bond donors (Lipinski definition) is 2. The molecule has 5 nitrogen and oxygen atoms in total. The third kappa shape index (κ3) is 4.31. The number of carboxylic acid groups (broad SMARTS) is 1. The molecule has 1 aromatic rings. The van der Waals surface area contributed by atoms with Crippen molar-refractivity contribution in [3.05, 3.63) is 55.1 Å². The second-order valence-corrected chi connectivity index (χ2v) is 3.79. The van der Waals surface area contributed by atoms with Crippen LogP contribution in [0.3, 0.4) is 0 Å². The lowest BCUT2D eigenvalue weighted by atomic mass is 10.2. The highest BCUT2D eigenvalue weighted by Crippen LogP contribution is 2.10. The first-order valence-electron chi connectivity index (χ1n) is 5.69. The van der Waals surface area contributed by atoms with Gasteiger partial charge in [-0.3, -0.25) is 0 Å². The fourth-order valence-corrected chi connectivity index (χ4v) is 1.45. The van der Waals surface area contributed by atoms with E-state index in [2.05, 4.69) is 18.5 Å². The van der Waals surface area contributed by atoms with Gasteiger partial charge in [0.15, 0.2) is 0 Å². The molecule has 0 bridgehead atoms. The first-order chi connectivity index (χ1) is 9.08. The van der Waals surface area contributed by atoms with E-state index in [0.29, 0.717) is 18.8 Å². The molecule has 0 aliphatic rings. The standard InChI is InChI=1S/C14H16N2O3/c1-3-9-16(10-4-2)14(19)15-12-7-5-11(6-8-12)13(17)18/h3-8H,1-2,9-10H2,(H,15,19)(H,17,18). The number of rotatable bonds is 6. The van der Waals surface area contributed by atoms with Gasteiger partial charge in [0, 0.05) is 18.8 Å². The van der Waals surface area contributed by atoms with Crippen molar-refractivity contribution in [3.63, 3.8) is 0 Å². The summed E-state index contributed by atoms with van der Waals surface area (Å²) in [6.07, 6.45) is 3.24. The molecule has 0 fully saturated rings. The minimum Gasteiger partial charge on any atom is -0.478 e. The van der Waals surface area contributed by atoms with Gasteiger partial charge < -0.3 is 15.3 Å². The van der Waals surface area contributed by atoms with E-state index in [4.69, 9.17) is 5.11 Å². The summed E-state index contributed by atoms with van der Waals surface area (Å²) < 4.78 is 0. The first kappa shape index (κ1) is 14.5. The molecule has 0 spiro atoms. The minimum atomic E-state index is -1.00. The zero-order chi connectivity index (χ0) is 14.3. The summed E-state index contributed by atoms with van der Waals surface area (Å²) in [6, 6.07) is 5.66. The maximum Gasteiger partial charge on any atom is 0.335 e. The van der Waals surface area contributed by atoms with Gasteiger partial charge in [-0.25, -0.2) is 9.59 Å². The van der Waals surface area contributed by atoms with Crippen LogP contribution in [0.25, 0.3) is 0 Å². The van der Waals surface area contributed by atoms with Crippen molar-refractivity contribution < 1.29 is 14.7 Å². The Morgan fingerprint density at radius 1 is 1.16 bits per heavy atom. The SMILES string of the molecule is C=CCN(CC=C)C(=O)Nc1ccc(C(=O)O)cc1. The fourth-order valence-electron chi connectivity index (χ4n) is 1.45. The summed E-state index contributed by atoms with van der Waals surface area (Å²) in [6.45, 7) is 7.98. The molecule has 0 aromatic heterocycles. The summed E-state index contributed by atoms with van der Waals surface area (Å²) in [5, 5.41) is 11.4. The van der Waals surface area contributed by atoms with Gasteiger partial charge in [0.1, 0.15) is 0 Å². The third-order valence-corrected chi connectivity index (χ3v) is 2.37. The van der Waals surface area contributed by atoms with E-state index in [1.165, 1.54) is 17.0 Å². The number of carbonyl (C=O) groups is 2. The van der Waals surface area contributed by atoms with Crippen LogP contribution >= 0.6 is 0 Å². The van der Waals surface area contributed by atoms with Crippen molar-refractivity contribution in [2.24, 2.45) is 0 Å². The maximum absolute atomic E-state index is 11.9. The van der Waals surface area contributed by atoms with Crippen LogP contribution in [0.2, 0.25) is 0 Å². The normalized spacial score (nSPS) is 9.47. The van der Waals surface area contributed by atoms with E-state index in [0.717, 1.165) is 0 Å². The number of anilines is 1. The van der Waals surface area contributed by atoms with Crippen molar-refractivity contribution in [3.8, 4) is 0 Å². The van der Waals surface area contributed by atoms with Gasteiger partial charge >= 0.3 is 12.0 Å². The molecule has 2 amide bonds. The summed E-state index contributed by atoms with van der Waals surface area (Å²) >= 11 is 0. The molecule has 0 heterocycles. The Morgan fingerprint density at radius 3 is 2.11 bits per heavy atom. The number of nitrogens with zero attached hydrogens (tertiary/aromatic N) is 1. The number of urea groups is 1.